The highest BCUT2D eigenvalue weighted by Gasteiger charge is 2.28. The van der Waals surface area contributed by atoms with Crippen LogP contribution in [-0.2, 0) is 14.8 Å². The van der Waals surface area contributed by atoms with Gasteiger partial charge in [0.1, 0.15) is 6.54 Å². The molecule has 1 aliphatic rings. The van der Waals surface area contributed by atoms with Gasteiger partial charge in [0, 0.05) is 11.6 Å². The first-order valence-electron chi connectivity index (χ1n) is 11.6. The molecule has 1 saturated heterocycles. The average molecular weight is 492 g/mol. The smallest absolute Gasteiger partial charge is 0.264 e. The molecular formula is C25H34ClN3O3S. The van der Waals surface area contributed by atoms with Crippen LogP contribution >= 0.6 is 11.6 Å². The third-order valence-corrected chi connectivity index (χ3v) is 8.00. The van der Waals surface area contributed by atoms with Crippen molar-refractivity contribution in [3.63, 3.8) is 0 Å². The van der Waals surface area contributed by atoms with Crippen molar-refractivity contribution in [3.05, 3.63) is 58.6 Å². The molecule has 1 aliphatic heterocycles. The highest BCUT2D eigenvalue weighted by Crippen LogP contribution is 2.29. The number of carbonyl (C=O) groups is 1. The molecule has 8 heteroatoms. The van der Waals surface area contributed by atoms with Gasteiger partial charge in [0.25, 0.3) is 10.0 Å². The molecule has 0 radical (unpaired) electrons. The van der Waals surface area contributed by atoms with Crippen molar-refractivity contribution in [1.82, 2.24) is 10.2 Å². The van der Waals surface area contributed by atoms with Crippen molar-refractivity contribution >= 4 is 33.2 Å². The third-order valence-electron chi connectivity index (χ3n) is 6.00. The van der Waals surface area contributed by atoms with Crippen LogP contribution in [0.2, 0.25) is 5.02 Å². The summed E-state index contributed by atoms with van der Waals surface area (Å²) in [5.41, 5.74) is 2.09. The number of carbonyl (C=O) groups excluding carboxylic acids is 1. The van der Waals surface area contributed by atoms with Gasteiger partial charge in [-0.3, -0.25) is 9.10 Å². The Balaban J connectivity index is 1.70. The Hall–Kier alpha value is -2.09. The van der Waals surface area contributed by atoms with Gasteiger partial charge in [-0.2, -0.15) is 0 Å². The molecule has 33 heavy (non-hydrogen) atoms. The topological polar surface area (TPSA) is 69.7 Å². The molecule has 0 bridgehead atoms. The Morgan fingerprint density at radius 3 is 2.33 bits per heavy atom. The standard InChI is InChI=1S/C25H34ClN3O3S/c1-20-8-11-23(12-9-20)33(31,32)29(24-13-10-22(26)18-21(24)2)19-25(30)27-14-7-17-28-15-5-3-4-6-16-28/h8-13,18H,3-7,14-17,19H2,1-2H3,(H,27,30). The number of nitrogens with one attached hydrogen (secondary N) is 1. The van der Waals surface area contributed by atoms with E-state index in [9.17, 15) is 13.2 Å². The minimum Gasteiger partial charge on any atom is -0.354 e. The van der Waals surface area contributed by atoms with Crippen molar-refractivity contribution in [1.29, 1.82) is 0 Å². The summed E-state index contributed by atoms with van der Waals surface area (Å²) < 4.78 is 28.2. The van der Waals surface area contributed by atoms with Gasteiger partial charge in [-0.1, -0.05) is 42.1 Å². The molecule has 6 nitrogen and oxygen atoms in total. The number of likely N-dealkylation sites (tertiary alicyclic amines) is 1. The second-order valence-electron chi connectivity index (χ2n) is 8.71. The van der Waals surface area contributed by atoms with Gasteiger partial charge in [-0.25, -0.2) is 8.42 Å². The number of anilines is 1. The lowest BCUT2D eigenvalue weighted by molar-refractivity contribution is -0.119. The van der Waals surface area contributed by atoms with Crippen LogP contribution in [0.15, 0.2) is 47.4 Å². The van der Waals surface area contributed by atoms with Gasteiger partial charge in [-0.05, 0) is 88.6 Å². The van der Waals surface area contributed by atoms with E-state index >= 15 is 0 Å². The average Bonchev–Trinajstić information content (AvgIpc) is 3.05. The Kier molecular flexibility index (Phi) is 9.18. The van der Waals surface area contributed by atoms with Crippen LogP contribution in [0, 0.1) is 13.8 Å². The minimum atomic E-state index is -3.93. The molecule has 1 heterocycles. The van der Waals surface area contributed by atoms with E-state index < -0.39 is 10.0 Å². The summed E-state index contributed by atoms with van der Waals surface area (Å²) in [6.07, 6.45) is 5.90. The van der Waals surface area contributed by atoms with Crippen molar-refractivity contribution in [2.24, 2.45) is 0 Å². The molecule has 0 aliphatic carbocycles. The number of amides is 1. The number of hydrogen-bond donors (Lipinski definition) is 1. The van der Waals surface area contributed by atoms with Gasteiger partial charge in [0.05, 0.1) is 10.6 Å². The van der Waals surface area contributed by atoms with Crippen molar-refractivity contribution in [3.8, 4) is 0 Å². The summed E-state index contributed by atoms with van der Waals surface area (Å²) in [6.45, 7) is 7.10. The zero-order valence-corrected chi connectivity index (χ0v) is 21.1. The normalized spacial score (nSPS) is 15.1. The number of hydrogen-bond acceptors (Lipinski definition) is 4. The number of halogens is 1. The fraction of sp³-hybridized carbons (Fsp3) is 0.480. The van der Waals surface area contributed by atoms with E-state index in [0.717, 1.165) is 31.6 Å². The Morgan fingerprint density at radius 2 is 1.70 bits per heavy atom. The zero-order valence-electron chi connectivity index (χ0n) is 19.5. The molecule has 2 aromatic carbocycles. The van der Waals surface area contributed by atoms with E-state index in [2.05, 4.69) is 10.2 Å². The number of sulfonamides is 1. The summed E-state index contributed by atoms with van der Waals surface area (Å²) in [7, 11) is -3.93. The van der Waals surface area contributed by atoms with E-state index in [0.29, 0.717) is 22.8 Å². The molecule has 0 aromatic heterocycles. The first kappa shape index (κ1) is 25.5. The zero-order chi connectivity index (χ0) is 23.8. The molecule has 180 valence electrons. The molecule has 0 saturated carbocycles. The number of aryl methyl sites for hydroxylation is 2. The van der Waals surface area contributed by atoms with Crippen LogP contribution in [0.4, 0.5) is 5.69 Å². The van der Waals surface area contributed by atoms with E-state index in [1.165, 1.54) is 30.0 Å². The fourth-order valence-electron chi connectivity index (χ4n) is 4.11. The van der Waals surface area contributed by atoms with Crippen molar-refractivity contribution < 1.29 is 13.2 Å². The second kappa shape index (κ2) is 11.9. The summed E-state index contributed by atoms with van der Waals surface area (Å²) in [6, 6.07) is 11.6. The maximum absolute atomic E-state index is 13.5. The van der Waals surface area contributed by atoms with Crippen molar-refractivity contribution in [2.45, 2.75) is 50.8 Å². The molecule has 3 rings (SSSR count). The lowest BCUT2D eigenvalue weighted by Gasteiger charge is -2.26. The summed E-state index contributed by atoms with van der Waals surface area (Å²) >= 11 is 6.08. The van der Waals surface area contributed by atoms with Crippen LogP contribution in [0.3, 0.4) is 0 Å². The monoisotopic (exact) mass is 491 g/mol. The Morgan fingerprint density at radius 1 is 1.03 bits per heavy atom. The predicted molar refractivity (Wildman–Crippen MR) is 134 cm³/mol. The highest BCUT2D eigenvalue weighted by atomic mass is 35.5. The molecule has 0 unspecified atom stereocenters. The summed E-state index contributed by atoms with van der Waals surface area (Å²) in [5.74, 6) is -0.323. The lowest BCUT2D eigenvalue weighted by Crippen LogP contribution is -2.42. The predicted octanol–water partition coefficient (Wildman–Crippen LogP) is 4.53. The van der Waals surface area contributed by atoms with Crippen LogP contribution in [0.5, 0.6) is 0 Å². The van der Waals surface area contributed by atoms with Crippen LogP contribution in [0.25, 0.3) is 0 Å². The van der Waals surface area contributed by atoms with E-state index in [-0.39, 0.29) is 17.3 Å². The van der Waals surface area contributed by atoms with Gasteiger partial charge >= 0.3 is 0 Å². The van der Waals surface area contributed by atoms with Crippen LogP contribution in [0.1, 0.15) is 43.2 Å². The van der Waals surface area contributed by atoms with Gasteiger partial charge in [0.15, 0.2) is 0 Å². The Bertz CT molecular complexity index is 1030. The molecule has 1 amide bonds. The number of benzene rings is 2. The van der Waals surface area contributed by atoms with Gasteiger partial charge in [0.2, 0.25) is 5.91 Å². The number of nitrogens with zero attached hydrogens (tertiary/aromatic N) is 2. The summed E-state index contributed by atoms with van der Waals surface area (Å²) in [5, 5.41) is 3.42. The van der Waals surface area contributed by atoms with Gasteiger partial charge < -0.3 is 10.2 Å². The SMILES string of the molecule is Cc1ccc(S(=O)(=O)N(CC(=O)NCCCN2CCCCCC2)c2ccc(Cl)cc2C)cc1. The van der Waals surface area contributed by atoms with Crippen LogP contribution < -0.4 is 9.62 Å². The quantitative estimate of drug-likeness (QED) is 0.523. The van der Waals surface area contributed by atoms with Crippen LogP contribution in [-0.4, -0.2) is 51.9 Å². The van der Waals surface area contributed by atoms with Crippen molar-refractivity contribution in [2.75, 3.05) is 37.0 Å². The molecule has 0 atom stereocenters. The molecule has 1 fully saturated rings. The highest BCUT2D eigenvalue weighted by molar-refractivity contribution is 7.92. The van der Waals surface area contributed by atoms with E-state index in [4.69, 9.17) is 11.6 Å². The van der Waals surface area contributed by atoms with E-state index in [1.54, 1.807) is 49.4 Å². The molecule has 1 N–H and O–H groups in total. The Labute approximate surface area is 203 Å². The maximum Gasteiger partial charge on any atom is 0.264 e. The van der Waals surface area contributed by atoms with E-state index in [1.807, 2.05) is 6.92 Å². The fourth-order valence-corrected chi connectivity index (χ4v) is 5.82. The van der Waals surface area contributed by atoms with Gasteiger partial charge in [-0.15, -0.1) is 0 Å². The lowest BCUT2D eigenvalue weighted by atomic mass is 10.2. The molecular weight excluding hydrogens is 458 g/mol. The number of rotatable bonds is 9. The molecule has 0 spiro atoms. The minimum absolute atomic E-state index is 0.149. The first-order valence-corrected chi connectivity index (χ1v) is 13.4. The third kappa shape index (κ3) is 7.19. The summed E-state index contributed by atoms with van der Waals surface area (Å²) in [4.78, 5) is 15.4. The largest absolute Gasteiger partial charge is 0.354 e. The first-order chi connectivity index (χ1) is 15.8. The molecule has 2 aromatic rings. The second-order valence-corrected chi connectivity index (χ2v) is 11.0. The maximum atomic E-state index is 13.5.